The van der Waals surface area contributed by atoms with Crippen LogP contribution in [0.3, 0.4) is 0 Å². The van der Waals surface area contributed by atoms with Crippen LogP contribution in [-0.4, -0.2) is 164 Å². The maximum atomic E-state index is 9.60. The van der Waals surface area contributed by atoms with E-state index in [1.807, 2.05) is 109 Å². The molecule has 4 atom stereocenters. The van der Waals surface area contributed by atoms with Gasteiger partial charge in [-0.2, -0.15) is 0 Å². The summed E-state index contributed by atoms with van der Waals surface area (Å²) in [5.41, 5.74) is 9.70. The number of benzene rings is 10. The molecule has 25 nitrogen and oxygen atoms in total. The highest BCUT2D eigenvalue weighted by Crippen LogP contribution is 2.40. The zero-order chi connectivity index (χ0) is 106. The molecular weight excluding hydrogens is 1780 g/mol. The summed E-state index contributed by atoms with van der Waals surface area (Å²) in [7, 11) is 8.07. The van der Waals surface area contributed by atoms with Gasteiger partial charge in [-0.15, -0.1) is 0 Å². The van der Waals surface area contributed by atoms with E-state index in [9.17, 15) is 51.1 Å². The Bertz CT molecular complexity index is 5150. The van der Waals surface area contributed by atoms with E-state index in [-0.39, 0.29) is 129 Å². The predicted octanol–water partition coefficient (Wildman–Crippen LogP) is 25.4. The van der Waals surface area contributed by atoms with Crippen LogP contribution in [0, 0.1) is 53.3 Å². The molecule has 0 fully saturated rings. The summed E-state index contributed by atoms with van der Waals surface area (Å²) in [6, 6.07) is 47.8. The number of hydrogen-bond donors (Lipinski definition) is 19. The number of aromatic hydroxyl groups is 17. The molecule has 0 bridgehead atoms. The Morgan fingerprint density at radius 2 is 0.550 bits per heavy atom. The fourth-order valence-corrected chi connectivity index (χ4v) is 12.3. The Morgan fingerprint density at radius 1 is 0.264 bits per heavy atom. The number of aliphatic hydroxyl groups is 2. The summed E-state index contributed by atoms with van der Waals surface area (Å²) in [4.78, 5) is 0. The Labute approximate surface area is 833 Å². The molecule has 0 aromatic heterocycles. The molecule has 0 spiro atoms. The number of hydrogen-bond acceptors (Lipinski definition) is 25. The number of phenolic OH excluding ortho intramolecular Hbond substituents is 17. The Morgan fingerprint density at radius 3 is 0.836 bits per heavy atom. The molecule has 776 valence electrons. The largest absolute Gasteiger partial charge is 0.504 e. The van der Waals surface area contributed by atoms with E-state index < -0.39 is 12.2 Å². The quantitative estimate of drug-likeness (QED) is 0.0179. The maximum Gasteiger partial charge on any atom is 0.203 e. The van der Waals surface area contributed by atoms with Crippen LogP contribution in [0.15, 0.2) is 194 Å². The summed E-state index contributed by atoms with van der Waals surface area (Å²) in [5, 5.41) is 175. The first kappa shape index (κ1) is 127. The molecule has 140 heavy (non-hydrogen) atoms. The summed E-state index contributed by atoms with van der Waals surface area (Å²) >= 11 is 0. The van der Waals surface area contributed by atoms with Gasteiger partial charge in [0.2, 0.25) is 5.75 Å². The highest BCUT2D eigenvalue weighted by molar-refractivity contribution is 5.63. The van der Waals surface area contributed by atoms with Crippen molar-refractivity contribution in [3.05, 3.63) is 250 Å². The lowest BCUT2D eigenvalue weighted by molar-refractivity contribution is 0.0310. The van der Waals surface area contributed by atoms with Gasteiger partial charge >= 0.3 is 0 Å². The molecule has 10 aromatic rings. The van der Waals surface area contributed by atoms with Gasteiger partial charge in [-0.3, -0.25) is 0 Å². The van der Waals surface area contributed by atoms with Gasteiger partial charge in [-0.1, -0.05) is 237 Å². The van der Waals surface area contributed by atoms with Gasteiger partial charge in [-0.05, 0) is 288 Å². The van der Waals surface area contributed by atoms with Crippen LogP contribution in [-0.2, 0) is 48.0 Å². The highest BCUT2D eigenvalue weighted by atomic mass is 16.5. The molecule has 10 aromatic carbocycles. The molecule has 25 heteroatoms. The first-order chi connectivity index (χ1) is 65.2. The van der Waals surface area contributed by atoms with Crippen molar-refractivity contribution in [3.63, 3.8) is 0 Å². The van der Waals surface area contributed by atoms with Crippen LogP contribution in [0.2, 0.25) is 0 Å². The lowest BCUT2D eigenvalue weighted by Gasteiger charge is -2.21. The minimum Gasteiger partial charge on any atom is -0.504 e. The third-order valence-corrected chi connectivity index (χ3v) is 20.9. The second kappa shape index (κ2) is 67.4. The number of allylic oxidation sites excluding steroid dienone is 3. The average molecular weight is 1950 g/mol. The molecular formula is C115H166O25. The van der Waals surface area contributed by atoms with Crippen molar-refractivity contribution >= 4 is 18.2 Å². The number of ether oxygens (including phenoxy) is 6. The lowest BCUT2D eigenvalue weighted by Crippen LogP contribution is -2.22. The van der Waals surface area contributed by atoms with Crippen LogP contribution in [0.25, 0.3) is 18.2 Å². The minimum absolute atomic E-state index is 0. The lowest BCUT2D eigenvalue weighted by atomic mass is 9.99. The van der Waals surface area contributed by atoms with Gasteiger partial charge in [0.1, 0.15) is 0 Å². The van der Waals surface area contributed by atoms with E-state index in [4.69, 9.17) is 74.4 Å². The number of aryl methyl sites for hydroxylation is 1. The zero-order valence-corrected chi connectivity index (χ0v) is 86.4. The van der Waals surface area contributed by atoms with Crippen molar-refractivity contribution in [1.82, 2.24) is 0 Å². The van der Waals surface area contributed by atoms with E-state index in [2.05, 4.69) is 115 Å². The number of aliphatic hydroxyl groups excluding tert-OH is 2. The van der Waals surface area contributed by atoms with Crippen molar-refractivity contribution in [2.75, 3.05) is 42.2 Å². The first-order valence-corrected chi connectivity index (χ1v) is 47.0. The van der Waals surface area contributed by atoms with Gasteiger partial charge in [-0.25, -0.2) is 0 Å². The number of rotatable bonds is 31. The highest BCUT2D eigenvalue weighted by Gasteiger charge is 2.19. The maximum absolute atomic E-state index is 9.60. The van der Waals surface area contributed by atoms with Gasteiger partial charge in [0, 0.05) is 13.7 Å². The topological polar surface area (TPSA) is 440 Å². The van der Waals surface area contributed by atoms with Crippen molar-refractivity contribution in [1.29, 1.82) is 0 Å². The zero-order valence-electron chi connectivity index (χ0n) is 86.4. The van der Waals surface area contributed by atoms with E-state index >= 15 is 0 Å². The second-order valence-electron chi connectivity index (χ2n) is 37.0. The Hall–Kier alpha value is -12.9. The molecule has 0 radical (unpaired) electrons. The van der Waals surface area contributed by atoms with Crippen LogP contribution in [0.5, 0.6) is 121 Å². The van der Waals surface area contributed by atoms with E-state index in [0.717, 1.165) is 87.7 Å². The van der Waals surface area contributed by atoms with Crippen LogP contribution < -0.4 is 18.9 Å². The molecule has 0 aliphatic carbocycles. The second-order valence-corrected chi connectivity index (χ2v) is 37.0. The molecule has 0 saturated heterocycles. The van der Waals surface area contributed by atoms with Crippen molar-refractivity contribution in [2.45, 2.75) is 228 Å². The van der Waals surface area contributed by atoms with Crippen LogP contribution in [0.1, 0.15) is 221 Å². The van der Waals surface area contributed by atoms with Gasteiger partial charge in [0.15, 0.2) is 115 Å². The van der Waals surface area contributed by atoms with Crippen molar-refractivity contribution in [2.24, 2.45) is 53.3 Å². The molecule has 19 N–H and O–H groups in total. The first-order valence-electron chi connectivity index (χ1n) is 47.0. The van der Waals surface area contributed by atoms with Gasteiger partial charge in [0.25, 0.3) is 0 Å². The third kappa shape index (κ3) is 51.6. The summed E-state index contributed by atoms with van der Waals surface area (Å²) in [5.74, 6) is 5.71. The van der Waals surface area contributed by atoms with Gasteiger partial charge < -0.3 is 125 Å². The molecule has 0 amide bonds. The Balaban J connectivity index is 0.00000154. The predicted molar refractivity (Wildman–Crippen MR) is 565 cm³/mol. The minimum atomic E-state index is -0.418. The summed E-state index contributed by atoms with van der Waals surface area (Å²) < 4.78 is 31.8. The molecule has 0 unspecified atom stereocenters. The van der Waals surface area contributed by atoms with Crippen molar-refractivity contribution < 1.29 is 125 Å². The van der Waals surface area contributed by atoms with Crippen LogP contribution >= 0.6 is 0 Å². The Kier molecular flexibility index (Phi) is 61.2. The van der Waals surface area contributed by atoms with E-state index in [0.29, 0.717) is 89.8 Å². The van der Waals surface area contributed by atoms with Gasteiger partial charge in [0.05, 0.1) is 52.9 Å². The fraction of sp³-hybridized carbons (Fsp3) is 0.426. The van der Waals surface area contributed by atoms with E-state index in [1.54, 1.807) is 102 Å². The smallest absolute Gasteiger partial charge is 0.203 e. The normalized spacial score (nSPS) is 11.7. The number of methoxy groups -OCH3 is 5. The number of phenols is 17. The summed E-state index contributed by atoms with van der Waals surface area (Å²) in [6.07, 6.45) is 17.1. The third-order valence-electron chi connectivity index (χ3n) is 20.9. The monoisotopic (exact) mass is 1950 g/mol. The molecule has 10 rings (SSSR count). The van der Waals surface area contributed by atoms with E-state index in [1.165, 1.54) is 66.7 Å². The standard InChI is InChI=1S/C14H20O3.C13H20O3.C12H18O3.C12H16O2.2C11H16O3.C11H16O2.C11H14O2.C10H14O2.C9H12O2.CH4/c1-10(2)6-7-11-8-12(15-3)14(17-5)13(9-11)16-4;1-4-16-13(9(2)3)8-10-5-6-11(14)12(15)7-10;1-8(2)12(15-3)7-9-4-5-10(13)11(14)6-9;1-9(2)4-5-10-6-7-11(13)12(8-10)14-3;2*1-7(2)10(13)5-8-3-4-9(12)11(14)6-8;2*1-8(2)3-4-9-5-6-10(12)11(13)7-9;1-7(2)5-8-3-4-9(11)10(12)6-8;1-6(2)7-3-4-8(10)9(11)5-7;/h6-10H,1-5H3;5-7,9,13-15H,4,8H2,1-3H3;4-6,8,12-14H,7H2,1-3H3;4-9,13H,1-3H3;2*3-4,6-7,10,12-14H,5H2,1-2H3;5-8,12-13H,3-4H2,1-2H3;3-8,12-13H,1-2H3;3-4,6-7,11-12H,5H2,1-2H3;3-6,10-11H,1-2H3;1H4/b7-6+;;;5-4+;;;;4-3+;;;/t;13-;12-;;2*10-;;;;;/m.11.10...../s1. The van der Waals surface area contributed by atoms with Crippen molar-refractivity contribution in [3.8, 4) is 121 Å². The molecule has 0 heterocycles. The SMILES string of the molecule is C.CC(C)/C=C/c1ccc(O)c(O)c1.CC(C)CCc1ccc(O)c(O)c1.CC(C)Cc1ccc(O)c(O)c1.CC(C)[C@@H](O)Cc1ccc(O)c(O)c1.CC(C)[C@H](O)Cc1ccc(O)c(O)c1.CC(C)c1ccc(O)c(O)c1.CCO[C@H](Cc1ccc(O)c(O)c1)C(C)C.CO[C@H](Cc1ccc(O)c(O)c1)C(C)C.COc1cc(/C=C/C(C)C)cc(OC)c1OC.COc1cc(/C=C/C(C)C)ccc1O. The average Bonchev–Trinajstić information content (AvgIpc) is 0.809. The molecule has 0 saturated carbocycles. The fourth-order valence-electron chi connectivity index (χ4n) is 12.3. The van der Waals surface area contributed by atoms with Crippen LogP contribution in [0.4, 0.5) is 0 Å². The molecule has 0 aliphatic rings. The summed E-state index contributed by atoms with van der Waals surface area (Å²) in [6.45, 7) is 44.1. The molecule has 0 aliphatic heterocycles.